The lowest BCUT2D eigenvalue weighted by molar-refractivity contribution is -0.153. The van der Waals surface area contributed by atoms with Crippen LogP contribution in [0.4, 0.5) is 4.39 Å². The van der Waals surface area contributed by atoms with E-state index in [0.29, 0.717) is 0 Å². The van der Waals surface area contributed by atoms with Crippen LogP contribution in [0.15, 0.2) is 12.1 Å². The summed E-state index contributed by atoms with van der Waals surface area (Å²) in [6, 6.07) is 1.97. The number of esters is 1. The number of aliphatic hydroxyl groups excluding tert-OH is 1. The van der Waals surface area contributed by atoms with Gasteiger partial charge in [0.2, 0.25) is 0 Å². The van der Waals surface area contributed by atoms with Crippen LogP contribution in [0.3, 0.4) is 0 Å². The fraction of sp³-hybridized carbons (Fsp3) is 0.300. The highest BCUT2D eigenvalue weighted by atomic mass is 35.5. The van der Waals surface area contributed by atoms with E-state index in [1.54, 1.807) is 6.92 Å². The zero-order valence-electron chi connectivity index (χ0n) is 8.41. The Hall–Kier alpha value is -1.33. The molecule has 1 atom stereocenters. The predicted octanol–water partition coefficient (Wildman–Crippen LogP) is 1.78. The molecule has 6 heteroatoms. The van der Waals surface area contributed by atoms with Crippen LogP contribution >= 0.6 is 11.6 Å². The van der Waals surface area contributed by atoms with Crippen LogP contribution < -0.4 is 0 Å². The van der Waals surface area contributed by atoms with E-state index in [1.807, 2.05) is 0 Å². The van der Waals surface area contributed by atoms with Crippen LogP contribution in [-0.2, 0) is 9.53 Å². The van der Waals surface area contributed by atoms with E-state index in [-0.39, 0.29) is 17.2 Å². The number of hydrogen-bond acceptors (Lipinski definition) is 4. The molecule has 0 radical (unpaired) electrons. The third-order valence-corrected chi connectivity index (χ3v) is 2.08. The first-order chi connectivity index (χ1) is 7.47. The summed E-state index contributed by atoms with van der Waals surface area (Å²) in [5.74, 6) is -2.80. The summed E-state index contributed by atoms with van der Waals surface area (Å²) < 4.78 is 17.6. The molecular weight excluding hydrogens is 239 g/mol. The first-order valence-corrected chi connectivity index (χ1v) is 4.87. The van der Waals surface area contributed by atoms with Crippen LogP contribution in [0.25, 0.3) is 0 Å². The molecule has 1 aromatic carbocycles. The van der Waals surface area contributed by atoms with Crippen LogP contribution in [0, 0.1) is 5.82 Å². The van der Waals surface area contributed by atoms with E-state index < -0.39 is 23.6 Å². The Morgan fingerprint density at radius 3 is 2.81 bits per heavy atom. The molecule has 0 spiro atoms. The van der Waals surface area contributed by atoms with E-state index in [4.69, 9.17) is 11.6 Å². The Labute approximate surface area is 96.2 Å². The molecule has 0 aliphatic heterocycles. The van der Waals surface area contributed by atoms with Crippen molar-refractivity contribution in [1.82, 2.24) is 0 Å². The third kappa shape index (κ3) is 2.62. The maximum Gasteiger partial charge on any atom is 0.339 e. The van der Waals surface area contributed by atoms with E-state index in [0.717, 1.165) is 12.1 Å². The van der Waals surface area contributed by atoms with Gasteiger partial charge in [-0.1, -0.05) is 11.6 Å². The van der Waals surface area contributed by atoms with Gasteiger partial charge < -0.3 is 14.9 Å². The smallest absolute Gasteiger partial charge is 0.339 e. The van der Waals surface area contributed by atoms with E-state index in [9.17, 15) is 19.4 Å². The first kappa shape index (κ1) is 12.7. The van der Waals surface area contributed by atoms with Gasteiger partial charge >= 0.3 is 5.97 Å². The molecular formula is C10H10ClFO4. The summed E-state index contributed by atoms with van der Waals surface area (Å²) in [5, 5.41) is 18.8. The number of ether oxygens (including phenoxy) is 1. The van der Waals surface area contributed by atoms with Crippen molar-refractivity contribution < 1.29 is 24.1 Å². The number of halogens is 2. The lowest BCUT2D eigenvalue weighted by Gasteiger charge is -2.12. The van der Waals surface area contributed by atoms with Crippen molar-refractivity contribution in [2.45, 2.75) is 13.0 Å². The molecule has 0 aliphatic carbocycles. The number of benzene rings is 1. The number of aromatic hydroxyl groups is 1. The van der Waals surface area contributed by atoms with Crippen molar-refractivity contribution in [2.75, 3.05) is 6.61 Å². The van der Waals surface area contributed by atoms with Crippen molar-refractivity contribution >= 4 is 17.6 Å². The Morgan fingerprint density at radius 1 is 1.62 bits per heavy atom. The van der Waals surface area contributed by atoms with Crippen LogP contribution in [0.5, 0.6) is 5.75 Å². The Kier molecular flexibility index (Phi) is 4.09. The largest absolute Gasteiger partial charge is 0.505 e. The van der Waals surface area contributed by atoms with Gasteiger partial charge in [0.05, 0.1) is 6.61 Å². The summed E-state index contributed by atoms with van der Waals surface area (Å²) in [6.07, 6.45) is -1.76. The molecule has 0 fully saturated rings. The quantitative estimate of drug-likeness (QED) is 0.801. The highest BCUT2D eigenvalue weighted by Crippen LogP contribution is 2.31. The number of phenolic OH excluding ortho intramolecular Hbond substituents is 1. The molecule has 0 bridgehead atoms. The lowest BCUT2D eigenvalue weighted by Crippen LogP contribution is -2.15. The maximum atomic E-state index is 13.1. The molecule has 1 rings (SSSR count). The molecule has 0 aromatic heterocycles. The van der Waals surface area contributed by atoms with E-state index >= 15 is 0 Å². The summed E-state index contributed by atoms with van der Waals surface area (Å²) in [7, 11) is 0. The molecule has 2 N–H and O–H groups in total. The van der Waals surface area contributed by atoms with Crippen molar-refractivity contribution in [3.63, 3.8) is 0 Å². The first-order valence-electron chi connectivity index (χ1n) is 4.50. The Balaban J connectivity index is 3.08. The van der Waals surface area contributed by atoms with Gasteiger partial charge in [-0.25, -0.2) is 9.18 Å². The fourth-order valence-electron chi connectivity index (χ4n) is 1.14. The number of rotatable bonds is 3. The number of aliphatic hydroxyl groups is 1. The van der Waals surface area contributed by atoms with Gasteiger partial charge in [0.25, 0.3) is 0 Å². The van der Waals surface area contributed by atoms with Gasteiger partial charge in [-0.3, -0.25) is 0 Å². The van der Waals surface area contributed by atoms with Crippen molar-refractivity contribution in [3.05, 3.63) is 28.5 Å². The third-order valence-electron chi connectivity index (χ3n) is 1.86. The van der Waals surface area contributed by atoms with Gasteiger partial charge in [0.1, 0.15) is 0 Å². The SMILES string of the molecule is CCOC(=O)C(O)c1cc(Cl)cc(F)c1O. The van der Waals surface area contributed by atoms with Gasteiger partial charge in [0, 0.05) is 10.6 Å². The van der Waals surface area contributed by atoms with E-state index in [2.05, 4.69) is 4.74 Å². The van der Waals surface area contributed by atoms with Crippen LogP contribution in [-0.4, -0.2) is 22.8 Å². The standard InChI is InChI=1S/C10H10ClFO4/c1-2-16-10(15)9(14)6-3-5(11)4-7(12)8(6)13/h3-4,9,13-14H,2H2,1H3. The highest BCUT2D eigenvalue weighted by Gasteiger charge is 2.24. The van der Waals surface area contributed by atoms with Gasteiger partial charge in [0.15, 0.2) is 17.7 Å². The minimum Gasteiger partial charge on any atom is -0.505 e. The Bertz CT molecular complexity index is 408. The summed E-state index contributed by atoms with van der Waals surface area (Å²) in [4.78, 5) is 11.2. The lowest BCUT2D eigenvalue weighted by atomic mass is 10.1. The molecule has 1 aromatic rings. The van der Waals surface area contributed by atoms with Gasteiger partial charge in [-0.15, -0.1) is 0 Å². The highest BCUT2D eigenvalue weighted by molar-refractivity contribution is 6.30. The maximum absolute atomic E-state index is 13.1. The molecule has 0 aliphatic rings. The Morgan fingerprint density at radius 2 is 2.25 bits per heavy atom. The fourth-order valence-corrected chi connectivity index (χ4v) is 1.36. The number of phenols is 1. The molecule has 0 amide bonds. The molecule has 88 valence electrons. The molecule has 0 saturated heterocycles. The number of carbonyl (C=O) groups is 1. The average Bonchev–Trinajstić information content (AvgIpc) is 2.22. The molecule has 1 unspecified atom stereocenters. The summed E-state index contributed by atoms with van der Waals surface area (Å²) >= 11 is 5.53. The number of hydrogen-bond donors (Lipinski definition) is 2. The zero-order valence-corrected chi connectivity index (χ0v) is 9.16. The van der Waals surface area contributed by atoms with Gasteiger partial charge in [-0.2, -0.15) is 0 Å². The second-order valence-corrected chi connectivity index (χ2v) is 3.42. The van der Waals surface area contributed by atoms with Crippen molar-refractivity contribution in [1.29, 1.82) is 0 Å². The molecule has 4 nitrogen and oxygen atoms in total. The van der Waals surface area contributed by atoms with E-state index in [1.165, 1.54) is 0 Å². The molecule has 0 saturated carbocycles. The van der Waals surface area contributed by atoms with Gasteiger partial charge in [-0.05, 0) is 19.1 Å². The monoisotopic (exact) mass is 248 g/mol. The minimum atomic E-state index is -1.76. The molecule has 16 heavy (non-hydrogen) atoms. The second kappa shape index (κ2) is 5.14. The molecule has 0 heterocycles. The summed E-state index contributed by atoms with van der Waals surface area (Å²) in [5.41, 5.74) is -0.316. The van der Waals surface area contributed by atoms with Crippen molar-refractivity contribution in [3.8, 4) is 5.75 Å². The van der Waals surface area contributed by atoms with Crippen molar-refractivity contribution in [2.24, 2.45) is 0 Å². The normalized spacial score (nSPS) is 12.2. The minimum absolute atomic E-state index is 0.0337. The second-order valence-electron chi connectivity index (χ2n) is 2.98. The predicted molar refractivity (Wildman–Crippen MR) is 54.7 cm³/mol. The van der Waals surface area contributed by atoms with Crippen LogP contribution in [0.2, 0.25) is 5.02 Å². The number of carbonyl (C=O) groups excluding carboxylic acids is 1. The summed E-state index contributed by atoms with van der Waals surface area (Å²) in [6.45, 7) is 1.63. The zero-order chi connectivity index (χ0) is 12.3. The van der Waals surface area contributed by atoms with Crippen LogP contribution in [0.1, 0.15) is 18.6 Å². The average molecular weight is 249 g/mol. The topological polar surface area (TPSA) is 66.8 Å².